The Morgan fingerprint density at radius 2 is 2.37 bits per heavy atom. The Bertz CT molecular complexity index is 569. The van der Waals surface area contributed by atoms with E-state index in [2.05, 4.69) is 15.6 Å². The van der Waals surface area contributed by atoms with E-state index in [4.69, 9.17) is 0 Å². The summed E-state index contributed by atoms with van der Waals surface area (Å²) in [6.07, 6.45) is 1.35. The SMILES string of the molecule is CNC(=O)C1CNCCN1S(=O)(=O)c1cnc(C)s1. The molecule has 0 aliphatic carbocycles. The fourth-order valence-electron chi connectivity index (χ4n) is 1.94. The molecule has 0 saturated carbocycles. The maximum atomic E-state index is 12.5. The van der Waals surface area contributed by atoms with Gasteiger partial charge in [0.2, 0.25) is 5.91 Å². The van der Waals surface area contributed by atoms with E-state index in [1.54, 1.807) is 6.92 Å². The van der Waals surface area contributed by atoms with Gasteiger partial charge in [0.25, 0.3) is 10.0 Å². The Kier molecular flexibility index (Phi) is 4.19. The summed E-state index contributed by atoms with van der Waals surface area (Å²) in [6, 6.07) is -0.717. The van der Waals surface area contributed by atoms with Crippen molar-refractivity contribution >= 4 is 27.3 Å². The number of hydrogen-bond donors (Lipinski definition) is 2. The zero-order valence-electron chi connectivity index (χ0n) is 10.7. The lowest BCUT2D eigenvalue weighted by molar-refractivity contribution is -0.124. The van der Waals surface area contributed by atoms with Gasteiger partial charge in [-0.15, -0.1) is 11.3 Å². The van der Waals surface area contributed by atoms with Crippen LogP contribution in [0.1, 0.15) is 5.01 Å². The second kappa shape index (κ2) is 5.53. The van der Waals surface area contributed by atoms with E-state index in [1.165, 1.54) is 17.5 Å². The molecule has 0 radical (unpaired) electrons. The predicted molar refractivity (Wildman–Crippen MR) is 71.5 cm³/mol. The zero-order chi connectivity index (χ0) is 14.0. The highest BCUT2D eigenvalue weighted by Crippen LogP contribution is 2.24. The van der Waals surface area contributed by atoms with E-state index >= 15 is 0 Å². The third-order valence-electron chi connectivity index (χ3n) is 2.91. The lowest BCUT2D eigenvalue weighted by Crippen LogP contribution is -2.58. The number of carbonyl (C=O) groups is 1. The van der Waals surface area contributed by atoms with Crippen LogP contribution in [0, 0.1) is 6.92 Å². The third kappa shape index (κ3) is 2.78. The summed E-state index contributed by atoms with van der Waals surface area (Å²) in [7, 11) is -2.16. The van der Waals surface area contributed by atoms with Crippen molar-refractivity contribution in [2.24, 2.45) is 0 Å². The van der Waals surface area contributed by atoms with Crippen LogP contribution < -0.4 is 10.6 Å². The fraction of sp³-hybridized carbons (Fsp3) is 0.600. The van der Waals surface area contributed by atoms with Crippen molar-refractivity contribution in [1.82, 2.24) is 19.9 Å². The molecule has 1 amide bonds. The molecule has 1 atom stereocenters. The van der Waals surface area contributed by atoms with E-state index in [0.717, 1.165) is 11.3 Å². The van der Waals surface area contributed by atoms with E-state index in [-0.39, 0.29) is 16.7 Å². The number of piperazine rings is 1. The van der Waals surface area contributed by atoms with Crippen LogP contribution in [0.15, 0.2) is 10.4 Å². The number of amides is 1. The van der Waals surface area contributed by atoms with E-state index in [0.29, 0.717) is 18.1 Å². The molecule has 106 valence electrons. The Balaban J connectivity index is 2.34. The molecule has 9 heteroatoms. The smallest absolute Gasteiger partial charge is 0.254 e. The maximum Gasteiger partial charge on any atom is 0.254 e. The minimum absolute atomic E-state index is 0.181. The summed E-state index contributed by atoms with van der Waals surface area (Å²) < 4.78 is 26.5. The van der Waals surface area contributed by atoms with Crippen LogP contribution >= 0.6 is 11.3 Å². The average Bonchev–Trinajstić information content (AvgIpc) is 2.85. The van der Waals surface area contributed by atoms with Crippen LogP contribution in [0.3, 0.4) is 0 Å². The number of rotatable bonds is 3. The predicted octanol–water partition coefficient (Wildman–Crippen LogP) is -0.840. The largest absolute Gasteiger partial charge is 0.358 e. The molecule has 1 aromatic rings. The Hall–Kier alpha value is -1.03. The number of nitrogens with one attached hydrogen (secondary N) is 2. The Morgan fingerprint density at radius 1 is 1.63 bits per heavy atom. The molecule has 2 rings (SSSR count). The van der Waals surface area contributed by atoms with Crippen molar-refractivity contribution in [2.75, 3.05) is 26.7 Å². The summed E-state index contributed by atoms with van der Waals surface area (Å²) in [4.78, 5) is 15.8. The minimum atomic E-state index is -3.66. The van der Waals surface area contributed by atoms with Crippen molar-refractivity contribution in [1.29, 1.82) is 0 Å². The lowest BCUT2D eigenvalue weighted by atomic mass is 10.2. The molecule has 1 aliphatic rings. The summed E-state index contributed by atoms with van der Waals surface area (Å²) in [5, 5.41) is 6.21. The van der Waals surface area contributed by atoms with E-state index in [9.17, 15) is 13.2 Å². The van der Waals surface area contributed by atoms with Crippen LogP contribution in [-0.4, -0.2) is 56.3 Å². The van der Waals surface area contributed by atoms with E-state index < -0.39 is 16.1 Å². The summed E-state index contributed by atoms with van der Waals surface area (Å²) >= 11 is 1.12. The van der Waals surface area contributed by atoms with Gasteiger partial charge < -0.3 is 10.6 Å². The van der Waals surface area contributed by atoms with Gasteiger partial charge >= 0.3 is 0 Å². The van der Waals surface area contributed by atoms with Crippen LogP contribution in [0.4, 0.5) is 0 Å². The molecule has 1 aromatic heterocycles. The lowest BCUT2D eigenvalue weighted by Gasteiger charge is -2.33. The number of carbonyl (C=O) groups excluding carboxylic acids is 1. The van der Waals surface area contributed by atoms with Crippen molar-refractivity contribution in [3.05, 3.63) is 11.2 Å². The number of nitrogens with zero attached hydrogens (tertiary/aromatic N) is 2. The summed E-state index contributed by atoms with van der Waals surface area (Å²) in [6.45, 7) is 2.87. The minimum Gasteiger partial charge on any atom is -0.358 e. The Morgan fingerprint density at radius 3 is 2.95 bits per heavy atom. The van der Waals surface area contributed by atoms with Gasteiger partial charge in [0.15, 0.2) is 4.21 Å². The second-order valence-electron chi connectivity index (χ2n) is 4.15. The number of aromatic nitrogens is 1. The standard InChI is InChI=1S/C10H16N4O3S2/c1-7-13-6-9(18-7)19(16,17)14-4-3-12-5-8(14)10(15)11-2/h6,8,12H,3-5H2,1-2H3,(H,11,15). The first-order chi connectivity index (χ1) is 8.96. The summed E-state index contributed by atoms with van der Waals surface area (Å²) in [5.41, 5.74) is 0. The monoisotopic (exact) mass is 304 g/mol. The van der Waals surface area contributed by atoms with Gasteiger partial charge in [0.05, 0.1) is 11.2 Å². The van der Waals surface area contributed by atoms with E-state index in [1.807, 2.05) is 0 Å². The first-order valence-electron chi connectivity index (χ1n) is 5.83. The molecule has 2 heterocycles. The van der Waals surface area contributed by atoms with Gasteiger partial charge in [-0.3, -0.25) is 4.79 Å². The van der Waals surface area contributed by atoms with Crippen molar-refractivity contribution in [3.63, 3.8) is 0 Å². The van der Waals surface area contributed by atoms with Crippen LogP contribution in [-0.2, 0) is 14.8 Å². The topological polar surface area (TPSA) is 91.4 Å². The fourth-order valence-corrected chi connectivity index (χ4v) is 4.77. The van der Waals surface area contributed by atoms with Gasteiger partial charge in [-0.1, -0.05) is 0 Å². The van der Waals surface area contributed by atoms with Crippen LogP contribution in [0.25, 0.3) is 0 Å². The van der Waals surface area contributed by atoms with Gasteiger partial charge in [-0.25, -0.2) is 13.4 Å². The molecule has 1 fully saturated rings. The molecule has 19 heavy (non-hydrogen) atoms. The van der Waals surface area contributed by atoms with Gasteiger partial charge in [-0.05, 0) is 6.92 Å². The highest BCUT2D eigenvalue weighted by Gasteiger charge is 2.38. The number of likely N-dealkylation sites (N-methyl/N-ethyl adjacent to an activating group) is 1. The molecule has 1 aliphatic heterocycles. The van der Waals surface area contributed by atoms with Crippen molar-refractivity contribution in [2.45, 2.75) is 17.2 Å². The molecule has 1 saturated heterocycles. The van der Waals surface area contributed by atoms with Gasteiger partial charge in [0, 0.05) is 26.7 Å². The van der Waals surface area contributed by atoms with Crippen LogP contribution in [0.5, 0.6) is 0 Å². The first kappa shape index (κ1) is 14.4. The molecule has 0 spiro atoms. The quantitative estimate of drug-likeness (QED) is 0.760. The van der Waals surface area contributed by atoms with Crippen molar-refractivity contribution < 1.29 is 13.2 Å². The number of hydrogen-bond acceptors (Lipinski definition) is 6. The highest BCUT2D eigenvalue weighted by molar-refractivity contribution is 7.91. The number of thiazole rings is 1. The van der Waals surface area contributed by atoms with Crippen molar-refractivity contribution in [3.8, 4) is 0 Å². The molecule has 2 N–H and O–H groups in total. The normalized spacial score (nSPS) is 21.3. The molecule has 7 nitrogen and oxygen atoms in total. The zero-order valence-corrected chi connectivity index (χ0v) is 12.3. The molecule has 0 aromatic carbocycles. The second-order valence-corrected chi connectivity index (χ2v) is 7.50. The Labute approximate surface area is 116 Å². The summed E-state index contributed by atoms with van der Waals surface area (Å²) in [5.74, 6) is -0.308. The maximum absolute atomic E-state index is 12.5. The molecule has 1 unspecified atom stereocenters. The molecule has 0 bridgehead atoms. The third-order valence-corrected chi connectivity index (χ3v) is 6.16. The molecular formula is C10H16N4O3S2. The van der Waals surface area contributed by atoms with Crippen LogP contribution in [0.2, 0.25) is 0 Å². The average molecular weight is 304 g/mol. The first-order valence-corrected chi connectivity index (χ1v) is 8.09. The number of aryl methyl sites for hydroxylation is 1. The van der Waals surface area contributed by atoms with Gasteiger partial charge in [-0.2, -0.15) is 4.31 Å². The number of sulfonamides is 1. The van der Waals surface area contributed by atoms with Gasteiger partial charge in [0.1, 0.15) is 6.04 Å². The molecular weight excluding hydrogens is 288 g/mol. The highest BCUT2D eigenvalue weighted by atomic mass is 32.2.